The maximum atomic E-state index is 9.61. The molecule has 4 N–H and O–H groups in total. The number of aromatic nitrogens is 1. The Morgan fingerprint density at radius 3 is 3.00 bits per heavy atom. The van der Waals surface area contributed by atoms with Gasteiger partial charge >= 0.3 is 0 Å². The van der Waals surface area contributed by atoms with Crippen LogP contribution in [0.5, 0.6) is 0 Å². The lowest BCUT2D eigenvalue weighted by atomic mass is 10.2. The summed E-state index contributed by atoms with van der Waals surface area (Å²) in [6.07, 6.45) is 4.34. The average molecular weight is 193 g/mol. The highest BCUT2D eigenvalue weighted by Gasteiger charge is 2.25. The van der Waals surface area contributed by atoms with Gasteiger partial charge in [-0.3, -0.25) is 0 Å². The molecule has 76 valence electrons. The summed E-state index contributed by atoms with van der Waals surface area (Å²) in [4.78, 5) is 4.13. The quantitative estimate of drug-likeness (QED) is 0.655. The predicted octanol–water partition coefficient (Wildman–Crippen LogP) is 0.989. The van der Waals surface area contributed by atoms with Crippen molar-refractivity contribution in [2.75, 3.05) is 11.1 Å². The van der Waals surface area contributed by atoms with E-state index in [1.54, 1.807) is 18.3 Å². The first-order valence-corrected chi connectivity index (χ1v) is 4.92. The van der Waals surface area contributed by atoms with Crippen molar-refractivity contribution in [1.29, 1.82) is 0 Å². The van der Waals surface area contributed by atoms with E-state index in [9.17, 15) is 5.11 Å². The number of aliphatic hydroxyl groups excluding tert-OH is 1. The molecule has 0 amide bonds. The highest BCUT2D eigenvalue weighted by Crippen LogP contribution is 2.24. The zero-order valence-electron chi connectivity index (χ0n) is 7.98. The molecule has 2 rings (SSSR count). The van der Waals surface area contributed by atoms with Crippen LogP contribution in [0.25, 0.3) is 0 Å². The summed E-state index contributed by atoms with van der Waals surface area (Å²) >= 11 is 0. The summed E-state index contributed by atoms with van der Waals surface area (Å²) in [7, 11) is 0. The highest BCUT2D eigenvalue weighted by molar-refractivity contribution is 5.60. The van der Waals surface area contributed by atoms with Gasteiger partial charge in [-0.05, 0) is 31.4 Å². The smallest absolute Gasteiger partial charge is 0.149 e. The van der Waals surface area contributed by atoms with Gasteiger partial charge < -0.3 is 16.2 Å². The summed E-state index contributed by atoms with van der Waals surface area (Å²) in [5.74, 6) is 0.679. The summed E-state index contributed by atoms with van der Waals surface area (Å²) < 4.78 is 0. The molecular weight excluding hydrogens is 178 g/mol. The van der Waals surface area contributed by atoms with E-state index in [0.29, 0.717) is 11.5 Å². The van der Waals surface area contributed by atoms with E-state index >= 15 is 0 Å². The minimum Gasteiger partial charge on any atom is -0.396 e. The molecule has 0 aliphatic heterocycles. The molecule has 0 saturated heterocycles. The van der Waals surface area contributed by atoms with Gasteiger partial charge in [-0.1, -0.05) is 0 Å². The molecule has 1 aliphatic carbocycles. The van der Waals surface area contributed by atoms with E-state index in [2.05, 4.69) is 10.3 Å². The normalized spacial score (nSPS) is 26.4. The molecule has 2 unspecified atom stereocenters. The van der Waals surface area contributed by atoms with Crippen LogP contribution in [0.4, 0.5) is 11.5 Å². The van der Waals surface area contributed by atoms with Crippen molar-refractivity contribution in [1.82, 2.24) is 4.98 Å². The van der Waals surface area contributed by atoms with Gasteiger partial charge in [0.25, 0.3) is 0 Å². The number of nitrogen functional groups attached to an aromatic ring is 1. The fourth-order valence-corrected chi connectivity index (χ4v) is 1.82. The van der Waals surface area contributed by atoms with Crippen molar-refractivity contribution in [2.45, 2.75) is 31.4 Å². The monoisotopic (exact) mass is 193 g/mol. The topological polar surface area (TPSA) is 71.2 Å². The Kier molecular flexibility index (Phi) is 2.54. The molecule has 0 bridgehead atoms. The van der Waals surface area contributed by atoms with Crippen molar-refractivity contribution >= 4 is 11.5 Å². The Morgan fingerprint density at radius 2 is 2.36 bits per heavy atom. The fraction of sp³-hybridized carbons (Fsp3) is 0.500. The zero-order chi connectivity index (χ0) is 9.97. The Bertz CT molecular complexity index is 316. The number of hydrogen-bond donors (Lipinski definition) is 3. The van der Waals surface area contributed by atoms with Gasteiger partial charge in [-0.15, -0.1) is 0 Å². The molecule has 1 heterocycles. The molecule has 0 radical (unpaired) electrons. The van der Waals surface area contributed by atoms with Crippen LogP contribution < -0.4 is 11.1 Å². The number of nitrogens with two attached hydrogens (primary N) is 1. The summed E-state index contributed by atoms with van der Waals surface area (Å²) in [6, 6.07) is 3.70. The molecule has 0 aromatic carbocycles. The van der Waals surface area contributed by atoms with Crippen molar-refractivity contribution in [2.24, 2.45) is 0 Å². The molecule has 1 saturated carbocycles. The molecule has 4 nitrogen and oxygen atoms in total. The van der Waals surface area contributed by atoms with Crippen molar-refractivity contribution in [3.8, 4) is 0 Å². The first-order chi connectivity index (χ1) is 6.77. The first-order valence-electron chi connectivity index (χ1n) is 4.92. The molecule has 1 aromatic heterocycles. The lowest BCUT2D eigenvalue weighted by molar-refractivity contribution is 0.171. The predicted molar refractivity (Wildman–Crippen MR) is 55.9 cm³/mol. The number of aliphatic hydroxyl groups is 1. The fourth-order valence-electron chi connectivity index (χ4n) is 1.82. The molecule has 14 heavy (non-hydrogen) atoms. The maximum Gasteiger partial charge on any atom is 0.149 e. The van der Waals surface area contributed by atoms with Crippen LogP contribution in [0.2, 0.25) is 0 Å². The first kappa shape index (κ1) is 9.27. The molecule has 1 fully saturated rings. The number of pyridine rings is 1. The van der Waals surface area contributed by atoms with Crippen LogP contribution in [0, 0.1) is 0 Å². The van der Waals surface area contributed by atoms with Crippen molar-refractivity contribution in [3.63, 3.8) is 0 Å². The average Bonchev–Trinajstić information content (AvgIpc) is 2.56. The Hall–Kier alpha value is -1.29. The van der Waals surface area contributed by atoms with Gasteiger partial charge in [0.1, 0.15) is 5.82 Å². The SMILES string of the molecule is Nc1cccnc1NC1CCCC1O. The standard InChI is InChI=1S/C10H15N3O/c11-7-3-2-6-12-10(7)13-8-4-1-5-9(8)14/h2-3,6,8-9,14H,1,4-5,11H2,(H,12,13). The number of rotatable bonds is 2. The largest absolute Gasteiger partial charge is 0.396 e. The Labute approximate surface area is 83.2 Å². The van der Waals surface area contributed by atoms with Crippen LogP contribution >= 0.6 is 0 Å². The van der Waals surface area contributed by atoms with E-state index in [1.165, 1.54) is 0 Å². The second-order valence-electron chi connectivity index (χ2n) is 3.69. The molecule has 1 aromatic rings. The third kappa shape index (κ3) is 1.80. The van der Waals surface area contributed by atoms with E-state index in [1.807, 2.05) is 0 Å². The van der Waals surface area contributed by atoms with Crippen LogP contribution in [-0.4, -0.2) is 22.2 Å². The minimum atomic E-state index is -0.267. The van der Waals surface area contributed by atoms with Gasteiger partial charge in [-0.2, -0.15) is 0 Å². The van der Waals surface area contributed by atoms with Crippen LogP contribution in [0.1, 0.15) is 19.3 Å². The maximum absolute atomic E-state index is 9.61. The molecule has 1 aliphatic rings. The van der Waals surface area contributed by atoms with Crippen molar-refractivity contribution in [3.05, 3.63) is 18.3 Å². The van der Waals surface area contributed by atoms with Gasteiger partial charge in [-0.25, -0.2) is 4.98 Å². The molecule has 4 heteroatoms. The number of nitrogens with one attached hydrogen (secondary N) is 1. The number of anilines is 2. The summed E-state index contributed by atoms with van der Waals surface area (Å²) in [6.45, 7) is 0. The van der Waals surface area contributed by atoms with E-state index in [4.69, 9.17) is 5.73 Å². The third-order valence-corrected chi connectivity index (χ3v) is 2.64. The van der Waals surface area contributed by atoms with E-state index in [-0.39, 0.29) is 12.1 Å². The Morgan fingerprint density at radius 1 is 1.50 bits per heavy atom. The van der Waals surface area contributed by atoms with Gasteiger partial charge in [0.05, 0.1) is 17.8 Å². The molecule has 2 atom stereocenters. The lowest BCUT2D eigenvalue weighted by Gasteiger charge is -2.17. The van der Waals surface area contributed by atoms with Gasteiger partial charge in [0.15, 0.2) is 0 Å². The summed E-state index contributed by atoms with van der Waals surface area (Å²) in [5.41, 5.74) is 6.37. The lowest BCUT2D eigenvalue weighted by Crippen LogP contribution is -2.28. The second kappa shape index (κ2) is 3.84. The van der Waals surface area contributed by atoms with Crippen LogP contribution in [0.3, 0.4) is 0 Å². The Balaban J connectivity index is 2.07. The zero-order valence-corrected chi connectivity index (χ0v) is 7.98. The second-order valence-corrected chi connectivity index (χ2v) is 3.69. The third-order valence-electron chi connectivity index (χ3n) is 2.64. The number of hydrogen-bond acceptors (Lipinski definition) is 4. The van der Waals surface area contributed by atoms with Gasteiger partial charge in [0.2, 0.25) is 0 Å². The number of nitrogens with zero attached hydrogens (tertiary/aromatic N) is 1. The molecular formula is C10H15N3O. The van der Waals surface area contributed by atoms with E-state index in [0.717, 1.165) is 19.3 Å². The molecule has 0 spiro atoms. The summed E-state index contributed by atoms with van der Waals surface area (Å²) in [5, 5.41) is 12.8. The van der Waals surface area contributed by atoms with E-state index < -0.39 is 0 Å². The van der Waals surface area contributed by atoms with Crippen LogP contribution in [-0.2, 0) is 0 Å². The van der Waals surface area contributed by atoms with Gasteiger partial charge in [0, 0.05) is 6.20 Å². The van der Waals surface area contributed by atoms with Crippen molar-refractivity contribution < 1.29 is 5.11 Å². The van der Waals surface area contributed by atoms with Crippen LogP contribution in [0.15, 0.2) is 18.3 Å². The minimum absolute atomic E-state index is 0.104. The highest BCUT2D eigenvalue weighted by atomic mass is 16.3.